The molecule has 0 spiro atoms. The van der Waals surface area contributed by atoms with Gasteiger partial charge in [0.15, 0.2) is 0 Å². The first-order valence-electron chi connectivity index (χ1n) is 6.60. The molecule has 5 nitrogen and oxygen atoms in total. The molecule has 0 atom stereocenters. The number of hydrogen-bond donors (Lipinski definition) is 3. The molecule has 0 unspecified atom stereocenters. The first kappa shape index (κ1) is 14.7. The summed E-state index contributed by atoms with van der Waals surface area (Å²) in [6, 6.07) is 1.96. The third-order valence-electron chi connectivity index (χ3n) is 2.55. The lowest BCUT2D eigenvalue weighted by molar-refractivity contribution is 0.606. The van der Waals surface area contributed by atoms with E-state index in [1.54, 1.807) is 0 Å². The summed E-state index contributed by atoms with van der Waals surface area (Å²) in [7, 11) is 1.94. The Bertz CT molecular complexity index is 351. The zero-order valence-electron chi connectivity index (χ0n) is 11.9. The standard InChI is InChI=1S/C13H25N5/c1-10(2)5-6-15-12-9-13(16-8-7-14-4)18-11(3)17-12/h9-10,14H,5-8H2,1-4H3,(H2,15,16,17,18). The molecule has 5 heteroatoms. The van der Waals surface area contributed by atoms with E-state index in [0.717, 1.165) is 43.5 Å². The number of nitrogens with zero attached hydrogens (tertiary/aromatic N) is 2. The molecule has 0 bridgehead atoms. The van der Waals surface area contributed by atoms with Crippen molar-refractivity contribution in [2.75, 3.05) is 37.3 Å². The number of aromatic nitrogens is 2. The fraction of sp³-hybridized carbons (Fsp3) is 0.692. The molecular formula is C13H25N5. The van der Waals surface area contributed by atoms with Crippen LogP contribution in [-0.4, -0.2) is 36.6 Å². The van der Waals surface area contributed by atoms with E-state index in [9.17, 15) is 0 Å². The molecule has 1 rings (SSSR count). The topological polar surface area (TPSA) is 61.9 Å². The summed E-state index contributed by atoms with van der Waals surface area (Å²) >= 11 is 0. The van der Waals surface area contributed by atoms with Crippen LogP contribution < -0.4 is 16.0 Å². The predicted octanol–water partition coefficient (Wildman–Crippen LogP) is 1.87. The average molecular weight is 251 g/mol. The van der Waals surface area contributed by atoms with Crippen LogP contribution in [0, 0.1) is 12.8 Å². The van der Waals surface area contributed by atoms with Crippen LogP contribution in [0.15, 0.2) is 6.07 Å². The number of anilines is 2. The van der Waals surface area contributed by atoms with Crippen molar-refractivity contribution in [3.05, 3.63) is 11.9 Å². The van der Waals surface area contributed by atoms with Crippen molar-refractivity contribution < 1.29 is 0 Å². The fourth-order valence-corrected chi connectivity index (χ4v) is 1.55. The molecule has 0 saturated carbocycles. The second-order valence-corrected chi connectivity index (χ2v) is 4.83. The van der Waals surface area contributed by atoms with Gasteiger partial charge in [0.05, 0.1) is 0 Å². The van der Waals surface area contributed by atoms with Gasteiger partial charge in [-0.05, 0) is 26.3 Å². The molecule has 1 aromatic heterocycles. The molecule has 0 amide bonds. The predicted molar refractivity (Wildman–Crippen MR) is 77.1 cm³/mol. The van der Waals surface area contributed by atoms with Gasteiger partial charge in [-0.3, -0.25) is 0 Å². The van der Waals surface area contributed by atoms with Crippen molar-refractivity contribution in [1.29, 1.82) is 0 Å². The minimum Gasteiger partial charge on any atom is -0.370 e. The molecular weight excluding hydrogens is 226 g/mol. The Hall–Kier alpha value is -1.36. The van der Waals surface area contributed by atoms with Crippen molar-refractivity contribution in [2.45, 2.75) is 27.2 Å². The molecule has 0 radical (unpaired) electrons. The lowest BCUT2D eigenvalue weighted by atomic mass is 10.1. The highest BCUT2D eigenvalue weighted by Crippen LogP contribution is 2.11. The van der Waals surface area contributed by atoms with E-state index < -0.39 is 0 Å². The van der Waals surface area contributed by atoms with Gasteiger partial charge < -0.3 is 16.0 Å². The fourth-order valence-electron chi connectivity index (χ4n) is 1.55. The van der Waals surface area contributed by atoms with Crippen molar-refractivity contribution in [2.24, 2.45) is 5.92 Å². The van der Waals surface area contributed by atoms with E-state index in [1.165, 1.54) is 0 Å². The Balaban J connectivity index is 2.51. The first-order chi connectivity index (χ1) is 8.61. The summed E-state index contributed by atoms with van der Waals surface area (Å²) < 4.78 is 0. The SMILES string of the molecule is CNCCNc1cc(NCCC(C)C)nc(C)n1. The van der Waals surface area contributed by atoms with Crippen molar-refractivity contribution in [1.82, 2.24) is 15.3 Å². The molecule has 0 fully saturated rings. The summed E-state index contributed by atoms with van der Waals surface area (Å²) in [6.07, 6.45) is 1.14. The number of aryl methyl sites for hydroxylation is 1. The zero-order valence-corrected chi connectivity index (χ0v) is 11.9. The van der Waals surface area contributed by atoms with Crippen LogP contribution in [0.3, 0.4) is 0 Å². The Morgan fingerprint density at radius 2 is 1.67 bits per heavy atom. The van der Waals surface area contributed by atoms with Crippen LogP contribution in [-0.2, 0) is 0 Å². The van der Waals surface area contributed by atoms with Gasteiger partial charge in [0.25, 0.3) is 0 Å². The summed E-state index contributed by atoms with van der Waals surface area (Å²) in [5.41, 5.74) is 0. The first-order valence-corrected chi connectivity index (χ1v) is 6.60. The van der Waals surface area contributed by atoms with Gasteiger partial charge in [-0.2, -0.15) is 0 Å². The van der Waals surface area contributed by atoms with Crippen LogP contribution in [0.25, 0.3) is 0 Å². The van der Waals surface area contributed by atoms with E-state index in [-0.39, 0.29) is 0 Å². The number of rotatable bonds is 8. The minimum atomic E-state index is 0.702. The van der Waals surface area contributed by atoms with E-state index in [1.807, 2.05) is 20.0 Å². The highest BCUT2D eigenvalue weighted by molar-refractivity contribution is 5.47. The number of nitrogens with one attached hydrogen (secondary N) is 3. The Labute approximate surface area is 110 Å². The molecule has 18 heavy (non-hydrogen) atoms. The van der Waals surface area contributed by atoms with Crippen LogP contribution in [0.4, 0.5) is 11.6 Å². The summed E-state index contributed by atoms with van der Waals surface area (Å²) in [5.74, 6) is 3.27. The Morgan fingerprint density at radius 3 is 2.22 bits per heavy atom. The molecule has 0 aliphatic rings. The van der Waals surface area contributed by atoms with Crippen LogP contribution >= 0.6 is 0 Å². The third-order valence-corrected chi connectivity index (χ3v) is 2.55. The van der Waals surface area contributed by atoms with Gasteiger partial charge in [-0.1, -0.05) is 13.8 Å². The molecule has 102 valence electrons. The molecule has 0 saturated heterocycles. The van der Waals surface area contributed by atoms with Gasteiger partial charge >= 0.3 is 0 Å². The van der Waals surface area contributed by atoms with Crippen LogP contribution in [0.2, 0.25) is 0 Å². The van der Waals surface area contributed by atoms with Crippen molar-refractivity contribution in [3.63, 3.8) is 0 Å². The van der Waals surface area contributed by atoms with E-state index >= 15 is 0 Å². The average Bonchev–Trinajstić information content (AvgIpc) is 2.28. The van der Waals surface area contributed by atoms with Gasteiger partial charge in [0, 0.05) is 25.7 Å². The maximum Gasteiger partial charge on any atom is 0.131 e. The number of likely N-dealkylation sites (N-methyl/N-ethyl adjacent to an activating group) is 1. The number of hydrogen-bond acceptors (Lipinski definition) is 5. The Kier molecular flexibility index (Phi) is 6.43. The lowest BCUT2D eigenvalue weighted by Gasteiger charge is -2.11. The van der Waals surface area contributed by atoms with Crippen molar-refractivity contribution in [3.8, 4) is 0 Å². The molecule has 3 N–H and O–H groups in total. The van der Waals surface area contributed by atoms with E-state index in [0.29, 0.717) is 5.92 Å². The normalized spacial score (nSPS) is 10.7. The zero-order chi connectivity index (χ0) is 13.4. The smallest absolute Gasteiger partial charge is 0.131 e. The summed E-state index contributed by atoms with van der Waals surface area (Å²) in [4.78, 5) is 8.74. The van der Waals surface area contributed by atoms with Gasteiger partial charge in [0.2, 0.25) is 0 Å². The van der Waals surface area contributed by atoms with Crippen LogP contribution in [0.1, 0.15) is 26.1 Å². The molecule has 1 aromatic rings. The van der Waals surface area contributed by atoms with E-state index in [4.69, 9.17) is 0 Å². The largest absolute Gasteiger partial charge is 0.370 e. The monoisotopic (exact) mass is 251 g/mol. The highest BCUT2D eigenvalue weighted by atomic mass is 15.1. The second-order valence-electron chi connectivity index (χ2n) is 4.83. The quantitative estimate of drug-likeness (QED) is 0.616. The van der Waals surface area contributed by atoms with Crippen LogP contribution in [0.5, 0.6) is 0 Å². The third kappa shape index (κ3) is 5.82. The van der Waals surface area contributed by atoms with E-state index in [2.05, 4.69) is 39.8 Å². The lowest BCUT2D eigenvalue weighted by Crippen LogP contribution is -2.18. The highest BCUT2D eigenvalue weighted by Gasteiger charge is 2.01. The Morgan fingerprint density at radius 1 is 1.06 bits per heavy atom. The summed E-state index contributed by atoms with van der Waals surface area (Å²) in [6.45, 7) is 9.08. The molecule has 0 aromatic carbocycles. The summed E-state index contributed by atoms with van der Waals surface area (Å²) in [5, 5.41) is 9.71. The second kappa shape index (κ2) is 7.87. The van der Waals surface area contributed by atoms with Gasteiger partial charge in [-0.15, -0.1) is 0 Å². The molecule has 0 aliphatic heterocycles. The van der Waals surface area contributed by atoms with Crippen molar-refractivity contribution >= 4 is 11.6 Å². The molecule has 0 aliphatic carbocycles. The minimum absolute atomic E-state index is 0.702. The van der Waals surface area contributed by atoms with Gasteiger partial charge in [-0.25, -0.2) is 9.97 Å². The van der Waals surface area contributed by atoms with Gasteiger partial charge in [0.1, 0.15) is 17.5 Å². The molecule has 1 heterocycles. The maximum absolute atomic E-state index is 4.38. The maximum atomic E-state index is 4.38.